The van der Waals surface area contributed by atoms with E-state index in [9.17, 15) is 9.59 Å². The molecule has 5 heteroatoms. The molecule has 1 amide bonds. The summed E-state index contributed by atoms with van der Waals surface area (Å²) in [6.07, 6.45) is 2.41. The topological polar surface area (TPSA) is 60.3 Å². The molecule has 0 saturated heterocycles. The van der Waals surface area contributed by atoms with E-state index < -0.39 is 12.1 Å². The number of benzene rings is 1. The van der Waals surface area contributed by atoms with E-state index in [1.165, 1.54) is 0 Å². The van der Waals surface area contributed by atoms with Crippen molar-refractivity contribution in [3.05, 3.63) is 52.8 Å². The number of esters is 1. The summed E-state index contributed by atoms with van der Waals surface area (Å²) in [5, 5.41) is 2.92. The average Bonchev–Trinajstić information content (AvgIpc) is 3.46. The molecule has 3 rings (SSSR count). The lowest BCUT2D eigenvalue weighted by Crippen LogP contribution is -2.30. The lowest BCUT2D eigenvalue weighted by atomic mass is 9.97. The van der Waals surface area contributed by atoms with Crippen LogP contribution in [0.4, 0.5) is 5.69 Å². The molecule has 1 N–H and O–H groups in total. The van der Waals surface area contributed by atoms with Gasteiger partial charge in [0.2, 0.25) is 0 Å². The van der Waals surface area contributed by atoms with E-state index in [0.29, 0.717) is 17.5 Å². The first-order chi connectivity index (χ1) is 13.3. The summed E-state index contributed by atoms with van der Waals surface area (Å²) < 4.78 is 7.68. The van der Waals surface area contributed by atoms with Crippen molar-refractivity contribution in [1.82, 2.24) is 4.57 Å². The van der Waals surface area contributed by atoms with Gasteiger partial charge in [-0.2, -0.15) is 0 Å². The van der Waals surface area contributed by atoms with Crippen molar-refractivity contribution in [2.24, 2.45) is 0 Å². The van der Waals surface area contributed by atoms with Gasteiger partial charge in [0.15, 0.2) is 6.10 Å². The van der Waals surface area contributed by atoms with Gasteiger partial charge in [-0.05, 0) is 63.6 Å². The Morgan fingerprint density at radius 2 is 1.89 bits per heavy atom. The van der Waals surface area contributed by atoms with Gasteiger partial charge in [0.25, 0.3) is 5.91 Å². The number of ether oxygens (including phenoxy) is 1. The van der Waals surface area contributed by atoms with Crippen molar-refractivity contribution in [1.29, 1.82) is 0 Å². The van der Waals surface area contributed by atoms with Crippen LogP contribution in [0.3, 0.4) is 0 Å². The van der Waals surface area contributed by atoms with E-state index in [0.717, 1.165) is 41.9 Å². The molecule has 2 atom stereocenters. The summed E-state index contributed by atoms with van der Waals surface area (Å²) in [6, 6.07) is 10.1. The van der Waals surface area contributed by atoms with Crippen LogP contribution in [0.25, 0.3) is 0 Å². The van der Waals surface area contributed by atoms with Gasteiger partial charge in [0.1, 0.15) is 0 Å². The summed E-state index contributed by atoms with van der Waals surface area (Å²) in [6.45, 7) is 9.80. The fourth-order valence-corrected chi connectivity index (χ4v) is 3.65. The smallest absolute Gasteiger partial charge is 0.340 e. The molecule has 1 aliphatic rings. The highest BCUT2D eigenvalue weighted by atomic mass is 16.5. The maximum Gasteiger partial charge on any atom is 0.340 e. The minimum Gasteiger partial charge on any atom is -0.449 e. The van der Waals surface area contributed by atoms with Crippen molar-refractivity contribution in [3.63, 3.8) is 0 Å². The van der Waals surface area contributed by atoms with Crippen LogP contribution in [0.15, 0.2) is 30.3 Å². The van der Waals surface area contributed by atoms with E-state index in [-0.39, 0.29) is 5.91 Å². The summed E-state index contributed by atoms with van der Waals surface area (Å²) in [5.41, 5.74) is 4.39. The summed E-state index contributed by atoms with van der Waals surface area (Å²) >= 11 is 0. The van der Waals surface area contributed by atoms with Gasteiger partial charge in [0, 0.05) is 23.1 Å². The minimum atomic E-state index is -0.874. The van der Waals surface area contributed by atoms with Crippen LogP contribution in [0.1, 0.15) is 79.3 Å². The summed E-state index contributed by atoms with van der Waals surface area (Å²) in [7, 11) is 0. The first kappa shape index (κ1) is 20.2. The van der Waals surface area contributed by atoms with Crippen molar-refractivity contribution < 1.29 is 14.3 Å². The zero-order valence-corrected chi connectivity index (χ0v) is 17.4. The Kier molecular flexibility index (Phi) is 5.92. The number of aryl methyl sites for hydroxylation is 1. The van der Waals surface area contributed by atoms with Gasteiger partial charge in [0.05, 0.1) is 5.56 Å². The number of nitrogens with zero attached hydrogens (tertiary/aromatic N) is 1. The normalized spacial score (nSPS) is 15.8. The molecule has 1 saturated carbocycles. The maximum absolute atomic E-state index is 12.6. The first-order valence-corrected chi connectivity index (χ1v) is 10.1. The second kappa shape index (κ2) is 8.21. The molecular formula is C23H30N2O3. The SMILES string of the molecule is CC[C@@H](C)c1ccccc1NC(=O)[C@H](C)OC(=O)c1cc(C)n(C2CC2)c1C. The number of amides is 1. The van der Waals surface area contributed by atoms with Gasteiger partial charge >= 0.3 is 5.97 Å². The Labute approximate surface area is 167 Å². The molecule has 1 heterocycles. The van der Waals surface area contributed by atoms with Crippen LogP contribution < -0.4 is 5.32 Å². The molecule has 0 aliphatic heterocycles. The fraction of sp³-hybridized carbons (Fsp3) is 0.478. The van der Waals surface area contributed by atoms with Crippen LogP contribution >= 0.6 is 0 Å². The van der Waals surface area contributed by atoms with Gasteiger partial charge in [-0.25, -0.2) is 4.79 Å². The van der Waals surface area contributed by atoms with Crippen molar-refractivity contribution in [2.75, 3.05) is 5.32 Å². The lowest BCUT2D eigenvalue weighted by Gasteiger charge is -2.18. The predicted octanol–water partition coefficient (Wildman–Crippen LogP) is 5.14. The Bertz CT molecular complexity index is 880. The second-order valence-corrected chi connectivity index (χ2v) is 7.82. The number of nitrogens with one attached hydrogen (secondary N) is 1. The number of carbonyl (C=O) groups excluding carboxylic acids is 2. The molecule has 0 radical (unpaired) electrons. The molecule has 1 fully saturated rings. The minimum absolute atomic E-state index is 0.319. The quantitative estimate of drug-likeness (QED) is 0.675. The molecule has 0 bridgehead atoms. The molecular weight excluding hydrogens is 352 g/mol. The number of anilines is 1. The fourth-order valence-electron chi connectivity index (χ4n) is 3.65. The van der Waals surface area contributed by atoms with Crippen molar-refractivity contribution in [3.8, 4) is 0 Å². The number of hydrogen-bond acceptors (Lipinski definition) is 3. The van der Waals surface area contributed by atoms with Crippen molar-refractivity contribution >= 4 is 17.6 Å². The Morgan fingerprint density at radius 3 is 2.54 bits per heavy atom. The number of aromatic nitrogens is 1. The zero-order chi connectivity index (χ0) is 20.4. The third-order valence-electron chi connectivity index (χ3n) is 5.63. The summed E-state index contributed by atoms with van der Waals surface area (Å²) in [4.78, 5) is 25.3. The van der Waals surface area contributed by atoms with Crippen molar-refractivity contribution in [2.45, 2.75) is 71.9 Å². The number of hydrogen-bond donors (Lipinski definition) is 1. The van der Waals surface area contributed by atoms with E-state index >= 15 is 0 Å². The second-order valence-electron chi connectivity index (χ2n) is 7.82. The summed E-state index contributed by atoms with van der Waals surface area (Å²) in [5.74, 6) is -0.430. The maximum atomic E-state index is 12.6. The Morgan fingerprint density at radius 1 is 1.21 bits per heavy atom. The standard InChI is InChI=1S/C23H30N2O3/c1-6-14(2)19-9-7-8-10-21(19)24-22(26)17(5)28-23(27)20-13-15(3)25(16(20)4)18-11-12-18/h7-10,13-14,17-18H,6,11-12H2,1-5H3,(H,24,26)/t14-,17+/m1/s1. The van der Waals surface area contributed by atoms with E-state index in [1.54, 1.807) is 6.92 Å². The highest BCUT2D eigenvalue weighted by molar-refractivity contribution is 5.98. The average molecular weight is 383 g/mol. The third-order valence-corrected chi connectivity index (χ3v) is 5.63. The highest BCUT2D eigenvalue weighted by Crippen LogP contribution is 2.38. The third kappa shape index (κ3) is 4.13. The molecule has 1 aromatic heterocycles. The van der Waals surface area contributed by atoms with Gasteiger partial charge in [-0.15, -0.1) is 0 Å². The molecule has 0 spiro atoms. The predicted molar refractivity (Wildman–Crippen MR) is 111 cm³/mol. The molecule has 1 aromatic carbocycles. The number of carbonyl (C=O) groups is 2. The van der Waals surface area contributed by atoms with Crippen LogP contribution in [0.5, 0.6) is 0 Å². The largest absolute Gasteiger partial charge is 0.449 e. The van der Waals surface area contributed by atoms with Crippen LogP contribution in [-0.2, 0) is 9.53 Å². The monoisotopic (exact) mass is 382 g/mol. The van der Waals surface area contributed by atoms with E-state index in [1.807, 2.05) is 44.2 Å². The Balaban J connectivity index is 1.68. The molecule has 28 heavy (non-hydrogen) atoms. The van der Waals surface area contributed by atoms with Gasteiger partial charge in [-0.1, -0.05) is 32.0 Å². The molecule has 2 aromatic rings. The molecule has 0 unspecified atom stereocenters. The lowest BCUT2D eigenvalue weighted by molar-refractivity contribution is -0.123. The molecule has 150 valence electrons. The van der Waals surface area contributed by atoms with Crippen LogP contribution in [-0.4, -0.2) is 22.5 Å². The number of rotatable bonds is 7. The zero-order valence-electron chi connectivity index (χ0n) is 17.4. The number of para-hydroxylation sites is 1. The Hall–Kier alpha value is -2.56. The van der Waals surface area contributed by atoms with Gasteiger partial charge in [-0.3, -0.25) is 4.79 Å². The first-order valence-electron chi connectivity index (χ1n) is 10.1. The molecule has 5 nitrogen and oxygen atoms in total. The highest BCUT2D eigenvalue weighted by Gasteiger charge is 2.29. The van der Waals surface area contributed by atoms with E-state index in [2.05, 4.69) is 23.7 Å². The van der Waals surface area contributed by atoms with E-state index in [4.69, 9.17) is 4.74 Å². The van der Waals surface area contributed by atoms with Crippen LogP contribution in [0.2, 0.25) is 0 Å². The molecule has 1 aliphatic carbocycles. The van der Waals surface area contributed by atoms with Gasteiger partial charge < -0.3 is 14.6 Å². The van der Waals surface area contributed by atoms with Crippen LogP contribution in [0, 0.1) is 13.8 Å².